The number of carbonyl (C=O) groups is 2. The van der Waals surface area contributed by atoms with E-state index in [0.717, 1.165) is 17.4 Å². The highest BCUT2D eigenvalue weighted by Gasteiger charge is 2.13. The number of carbonyl (C=O) groups excluding carboxylic acids is 2. The summed E-state index contributed by atoms with van der Waals surface area (Å²) in [5.74, 6) is -0.587. The minimum atomic E-state index is -0.493. The van der Waals surface area contributed by atoms with Gasteiger partial charge in [-0.1, -0.05) is 6.42 Å². The number of unbranched alkanes of at least 4 members (excludes halogenated alkanes) is 2. The summed E-state index contributed by atoms with van der Waals surface area (Å²) in [6.07, 6.45) is 3.91. The number of aryl methyl sites for hydroxylation is 1. The third-order valence-corrected chi connectivity index (χ3v) is 4.13. The summed E-state index contributed by atoms with van der Waals surface area (Å²) in [5.41, 5.74) is -0.479. The van der Waals surface area contributed by atoms with E-state index in [4.69, 9.17) is 0 Å². The van der Waals surface area contributed by atoms with Crippen molar-refractivity contribution in [2.75, 3.05) is 13.7 Å². The predicted molar refractivity (Wildman–Crippen MR) is 95.0 cm³/mol. The van der Waals surface area contributed by atoms with Gasteiger partial charge in [0.2, 0.25) is 0 Å². The molecule has 1 amide bonds. The Morgan fingerprint density at radius 1 is 1.15 bits per heavy atom. The minimum absolute atomic E-state index is 0.209. The van der Waals surface area contributed by atoms with Gasteiger partial charge in [-0.15, -0.1) is 0 Å². The molecule has 26 heavy (non-hydrogen) atoms. The molecule has 0 fully saturated rings. The molecular formula is C17H22N4O5. The lowest BCUT2D eigenvalue weighted by Gasteiger charge is -2.08. The topological polar surface area (TPSA) is 112 Å². The smallest absolute Gasteiger partial charge is 0.332 e. The zero-order valence-corrected chi connectivity index (χ0v) is 15.1. The van der Waals surface area contributed by atoms with Crippen LogP contribution in [-0.2, 0) is 23.6 Å². The highest BCUT2D eigenvalue weighted by atomic mass is 16.5. The van der Waals surface area contributed by atoms with Crippen LogP contribution in [0.4, 0.5) is 0 Å². The molecule has 0 aromatic carbocycles. The first kappa shape index (κ1) is 19.4. The zero-order valence-electron chi connectivity index (χ0n) is 15.1. The van der Waals surface area contributed by atoms with Crippen LogP contribution in [0.1, 0.15) is 36.0 Å². The van der Waals surface area contributed by atoms with Gasteiger partial charge in [-0.2, -0.15) is 0 Å². The first-order valence-electron chi connectivity index (χ1n) is 8.27. The lowest BCUT2D eigenvalue weighted by Crippen LogP contribution is -2.37. The molecule has 0 bridgehead atoms. The zero-order chi connectivity index (χ0) is 19.3. The molecule has 2 rings (SSSR count). The molecule has 9 heteroatoms. The number of rotatable bonds is 7. The Hall–Kier alpha value is -2.97. The second kappa shape index (κ2) is 8.41. The molecule has 0 atom stereocenters. The van der Waals surface area contributed by atoms with Crippen molar-refractivity contribution in [2.45, 2.75) is 25.7 Å². The average Bonchev–Trinajstić information content (AvgIpc) is 2.66. The second-order valence-corrected chi connectivity index (χ2v) is 5.94. The van der Waals surface area contributed by atoms with Crippen LogP contribution in [0.25, 0.3) is 11.0 Å². The van der Waals surface area contributed by atoms with Gasteiger partial charge in [-0.05, 0) is 18.9 Å². The first-order valence-corrected chi connectivity index (χ1v) is 8.27. The van der Waals surface area contributed by atoms with E-state index in [-0.39, 0.29) is 28.5 Å². The second-order valence-electron chi connectivity index (χ2n) is 5.94. The van der Waals surface area contributed by atoms with Crippen LogP contribution in [0, 0.1) is 0 Å². The van der Waals surface area contributed by atoms with Crippen molar-refractivity contribution in [3.8, 4) is 0 Å². The van der Waals surface area contributed by atoms with E-state index in [2.05, 4.69) is 15.0 Å². The molecule has 0 saturated carbocycles. The molecule has 9 nitrogen and oxygen atoms in total. The number of fused-ring (bicyclic) bond motifs is 1. The number of hydrogen-bond donors (Lipinski definition) is 1. The van der Waals surface area contributed by atoms with E-state index >= 15 is 0 Å². The van der Waals surface area contributed by atoms with Gasteiger partial charge in [0.25, 0.3) is 11.5 Å². The largest absolute Gasteiger partial charge is 0.469 e. The van der Waals surface area contributed by atoms with Crippen LogP contribution in [0.3, 0.4) is 0 Å². The number of nitrogens with zero attached hydrogens (tertiary/aromatic N) is 3. The van der Waals surface area contributed by atoms with E-state index in [1.807, 2.05) is 0 Å². The van der Waals surface area contributed by atoms with Crippen LogP contribution in [0.15, 0.2) is 21.9 Å². The number of ether oxygens (including phenoxy) is 1. The van der Waals surface area contributed by atoms with Gasteiger partial charge in [-0.3, -0.25) is 23.5 Å². The summed E-state index contributed by atoms with van der Waals surface area (Å²) >= 11 is 0. The van der Waals surface area contributed by atoms with Gasteiger partial charge in [0.1, 0.15) is 5.65 Å². The van der Waals surface area contributed by atoms with Crippen LogP contribution in [-0.4, -0.2) is 39.6 Å². The summed E-state index contributed by atoms with van der Waals surface area (Å²) < 4.78 is 6.80. The molecule has 2 heterocycles. The number of esters is 1. The van der Waals surface area contributed by atoms with Crippen LogP contribution in [0.2, 0.25) is 0 Å². The number of amides is 1. The fourth-order valence-corrected chi connectivity index (χ4v) is 2.57. The van der Waals surface area contributed by atoms with Gasteiger partial charge in [0.05, 0.1) is 18.1 Å². The Labute approximate surface area is 149 Å². The molecule has 0 aliphatic carbocycles. The third kappa shape index (κ3) is 4.16. The fraction of sp³-hybridized carbons (Fsp3) is 0.471. The maximum Gasteiger partial charge on any atom is 0.332 e. The summed E-state index contributed by atoms with van der Waals surface area (Å²) in [5, 5.41) is 2.96. The number of methoxy groups -OCH3 is 1. The van der Waals surface area contributed by atoms with E-state index in [1.165, 1.54) is 38.0 Å². The molecule has 0 spiro atoms. The molecule has 0 aliphatic rings. The Kier molecular flexibility index (Phi) is 6.26. The Bertz CT molecular complexity index is 945. The quantitative estimate of drug-likeness (QED) is 0.552. The van der Waals surface area contributed by atoms with E-state index in [1.54, 1.807) is 0 Å². The van der Waals surface area contributed by atoms with Crippen molar-refractivity contribution < 1.29 is 14.3 Å². The maximum absolute atomic E-state index is 12.2. The summed E-state index contributed by atoms with van der Waals surface area (Å²) in [6.45, 7) is 0.448. The van der Waals surface area contributed by atoms with Crippen molar-refractivity contribution >= 4 is 22.9 Å². The van der Waals surface area contributed by atoms with Crippen molar-refractivity contribution in [3.63, 3.8) is 0 Å². The van der Waals surface area contributed by atoms with Crippen molar-refractivity contribution in [2.24, 2.45) is 14.1 Å². The molecular weight excluding hydrogens is 340 g/mol. The van der Waals surface area contributed by atoms with Gasteiger partial charge in [0, 0.05) is 33.3 Å². The van der Waals surface area contributed by atoms with E-state index in [9.17, 15) is 19.2 Å². The van der Waals surface area contributed by atoms with Crippen LogP contribution < -0.4 is 16.6 Å². The molecule has 0 saturated heterocycles. The molecule has 1 N–H and O–H groups in total. The number of aromatic nitrogens is 3. The summed E-state index contributed by atoms with van der Waals surface area (Å²) in [7, 11) is 4.25. The average molecular weight is 362 g/mol. The minimum Gasteiger partial charge on any atom is -0.469 e. The molecule has 0 aliphatic heterocycles. The van der Waals surface area contributed by atoms with Crippen molar-refractivity contribution in [3.05, 3.63) is 38.7 Å². The number of nitrogens with one attached hydrogen (secondary N) is 1. The SMILES string of the molecule is COC(=O)CCCCCNC(=O)c1cnc2c(c1)c(=O)n(C)c(=O)n2C. The molecule has 2 aromatic rings. The summed E-state index contributed by atoms with van der Waals surface area (Å²) in [4.78, 5) is 51.4. The van der Waals surface area contributed by atoms with Gasteiger partial charge in [0.15, 0.2) is 0 Å². The molecule has 0 radical (unpaired) electrons. The van der Waals surface area contributed by atoms with Crippen LogP contribution in [0.5, 0.6) is 0 Å². The third-order valence-electron chi connectivity index (χ3n) is 4.13. The highest BCUT2D eigenvalue weighted by Crippen LogP contribution is 2.07. The summed E-state index contributed by atoms with van der Waals surface area (Å²) in [6, 6.07) is 1.44. The molecule has 2 aromatic heterocycles. The van der Waals surface area contributed by atoms with E-state index in [0.29, 0.717) is 19.4 Å². The lowest BCUT2D eigenvalue weighted by atomic mass is 10.2. The molecule has 0 unspecified atom stereocenters. The molecule has 140 valence electrons. The number of hydrogen-bond acceptors (Lipinski definition) is 6. The van der Waals surface area contributed by atoms with Crippen LogP contribution >= 0.6 is 0 Å². The van der Waals surface area contributed by atoms with Gasteiger partial charge < -0.3 is 10.1 Å². The van der Waals surface area contributed by atoms with E-state index < -0.39 is 11.2 Å². The van der Waals surface area contributed by atoms with Crippen molar-refractivity contribution in [1.82, 2.24) is 19.4 Å². The first-order chi connectivity index (χ1) is 12.4. The van der Waals surface area contributed by atoms with Gasteiger partial charge >= 0.3 is 11.7 Å². The highest BCUT2D eigenvalue weighted by molar-refractivity contribution is 5.96. The lowest BCUT2D eigenvalue weighted by molar-refractivity contribution is -0.140. The Balaban J connectivity index is 2.02. The Morgan fingerprint density at radius 3 is 2.58 bits per heavy atom. The Morgan fingerprint density at radius 2 is 1.88 bits per heavy atom. The van der Waals surface area contributed by atoms with Crippen molar-refractivity contribution in [1.29, 1.82) is 0 Å². The normalized spacial score (nSPS) is 10.7. The maximum atomic E-state index is 12.2. The standard InChI is InChI=1S/C17H22N4O5/c1-20-14-12(16(24)21(2)17(20)25)9-11(10-19-14)15(23)18-8-6-4-5-7-13(22)26-3/h9-10H,4-8H2,1-3H3,(H,18,23). The number of pyridine rings is 1. The van der Waals surface area contributed by atoms with Gasteiger partial charge in [-0.25, -0.2) is 9.78 Å². The fourth-order valence-electron chi connectivity index (χ4n) is 2.57. The predicted octanol–water partition coefficient (Wildman–Crippen LogP) is 0.0954. The monoisotopic (exact) mass is 362 g/mol.